The van der Waals surface area contributed by atoms with Gasteiger partial charge in [0.25, 0.3) is 5.56 Å². The van der Waals surface area contributed by atoms with Crippen LogP contribution in [-0.4, -0.2) is 27.1 Å². The molecule has 1 aromatic rings. The van der Waals surface area contributed by atoms with E-state index in [9.17, 15) is 9.59 Å². The highest BCUT2D eigenvalue weighted by Gasteiger charge is 2.21. The van der Waals surface area contributed by atoms with Gasteiger partial charge in [-0.1, -0.05) is 13.0 Å². The molecular weight excluding hydrogens is 292 g/mol. The first-order valence-electron chi connectivity index (χ1n) is 7.97. The molecule has 0 aliphatic heterocycles. The van der Waals surface area contributed by atoms with Crippen LogP contribution in [0.5, 0.6) is 0 Å². The number of nitriles is 1. The fourth-order valence-electron chi connectivity index (χ4n) is 2.78. The van der Waals surface area contributed by atoms with Gasteiger partial charge in [0.05, 0.1) is 5.69 Å². The van der Waals surface area contributed by atoms with Gasteiger partial charge < -0.3 is 4.90 Å². The molecule has 1 aliphatic carbocycles. The summed E-state index contributed by atoms with van der Waals surface area (Å²) in [5.41, 5.74) is 1.77. The molecule has 0 radical (unpaired) electrons. The van der Waals surface area contributed by atoms with Crippen molar-refractivity contribution in [2.45, 2.75) is 53.0 Å². The van der Waals surface area contributed by atoms with Gasteiger partial charge in [0.15, 0.2) is 0 Å². The van der Waals surface area contributed by atoms with E-state index in [0.717, 1.165) is 36.1 Å². The third kappa shape index (κ3) is 3.50. The number of amides is 1. The quantitative estimate of drug-likeness (QED) is 0.833. The van der Waals surface area contributed by atoms with Crippen molar-refractivity contribution in [3.63, 3.8) is 0 Å². The number of allylic oxidation sites excluding steroid dienone is 2. The highest BCUT2D eigenvalue weighted by atomic mass is 16.2. The Morgan fingerprint density at radius 3 is 2.78 bits per heavy atom. The second kappa shape index (κ2) is 7.23. The molecule has 0 unspecified atom stereocenters. The standard InChI is InChI=1S/C17H22N4O2/c1-4-9-20(14-7-5-6-8-14)16(22)11-21-17(23)15(10-18)12(2)13(3)19-21/h7H,4-6,8-9,11H2,1-3H3. The van der Waals surface area contributed by atoms with Crippen molar-refractivity contribution in [1.29, 1.82) is 5.26 Å². The molecule has 6 nitrogen and oxygen atoms in total. The second-order valence-corrected chi connectivity index (χ2v) is 5.79. The van der Waals surface area contributed by atoms with Crippen molar-refractivity contribution in [2.75, 3.05) is 6.54 Å². The molecule has 1 aliphatic rings. The highest BCUT2D eigenvalue weighted by molar-refractivity contribution is 5.78. The first-order chi connectivity index (χ1) is 11.0. The van der Waals surface area contributed by atoms with Gasteiger partial charge in [-0.2, -0.15) is 10.4 Å². The summed E-state index contributed by atoms with van der Waals surface area (Å²) in [5.74, 6) is -0.151. The zero-order valence-corrected chi connectivity index (χ0v) is 13.9. The molecule has 0 atom stereocenters. The van der Waals surface area contributed by atoms with Crippen molar-refractivity contribution in [3.8, 4) is 6.07 Å². The van der Waals surface area contributed by atoms with Crippen molar-refractivity contribution in [1.82, 2.24) is 14.7 Å². The molecule has 0 N–H and O–H groups in total. The third-order valence-corrected chi connectivity index (χ3v) is 4.15. The summed E-state index contributed by atoms with van der Waals surface area (Å²) in [5, 5.41) is 13.3. The predicted molar refractivity (Wildman–Crippen MR) is 86.6 cm³/mol. The number of hydrogen-bond donors (Lipinski definition) is 0. The van der Waals surface area contributed by atoms with Crippen LogP contribution in [0.2, 0.25) is 0 Å². The first-order valence-corrected chi connectivity index (χ1v) is 7.97. The van der Waals surface area contributed by atoms with Crippen LogP contribution >= 0.6 is 0 Å². The van der Waals surface area contributed by atoms with E-state index in [1.54, 1.807) is 18.7 Å². The summed E-state index contributed by atoms with van der Waals surface area (Å²) in [4.78, 5) is 26.7. The van der Waals surface area contributed by atoms with Gasteiger partial charge in [0.1, 0.15) is 18.2 Å². The topological polar surface area (TPSA) is 79.0 Å². The van der Waals surface area contributed by atoms with E-state index in [2.05, 4.69) is 11.2 Å². The number of nitrogens with zero attached hydrogens (tertiary/aromatic N) is 4. The van der Waals surface area contributed by atoms with Crippen molar-refractivity contribution < 1.29 is 4.79 Å². The van der Waals surface area contributed by atoms with Crippen LogP contribution in [0, 0.1) is 25.2 Å². The van der Waals surface area contributed by atoms with Crippen molar-refractivity contribution in [3.05, 3.63) is 38.9 Å². The summed E-state index contributed by atoms with van der Waals surface area (Å²) < 4.78 is 1.11. The lowest BCUT2D eigenvalue weighted by Gasteiger charge is -2.23. The van der Waals surface area contributed by atoms with Crippen LogP contribution < -0.4 is 5.56 Å². The average Bonchev–Trinajstić information content (AvgIpc) is 3.04. The Kier molecular flexibility index (Phi) is 5.32. The van der Waals surface area contributed by atoms with E-state index >= 15 is 0 Å². The highest BCUT2D eigenvalue weighted by Crippen LogP contribution is 2.22. The maximum atomic E-state index is 12.6. The van der Waals surface area contributed by atoms with Crippen LogP contribution in [0.1, 0.15) is 49.4 Å². The van der Waals surface area contributed by atoms with Gasteiger partial charge in [0.2, 0.25) is 5.91 Å². The van der Waals surface area contributed by atoms with E-state index in [4.69, 9.17) is 5.26 Å². The Hall–Kier alpha value is -2.42. The number of carbonyl (C=O) groups excluding carboxylic acids is 1. The predicted octanol–water partition coefficient (Wildman–Crippen LogP) is 2.04. The molecule has 122 valence electrons. The smallest absolute Gasteiger partial charge is 0.285 e. The van der Waals surface area contributed by atoms with E-state index in [1.165, 1.54) is 0 Å². The van der Waals surface area contributed by atoms with E-state index in [-0.39, 0.29) is 18.0 Å². The van der Waals surface area contributed by atoms with Crippen LogP contribution in [-0.2, 0) is 11.3 Å². The number of carbonyl (C=O) groups is 1. The summed E-state index contributed by atoms with van der Waals surface area (Å²) >= 11 is 0. The minimum Gasteiger partial charge on any atom is -0.315 e. The molecule has 1 heterocycles. The molecule has 0 spiro atoms. The number of rotatable bonds is 5. The SMILES string of the molecule is CCCN(C(=O)Cn1nc(C)c(C)c(C#N)c1=O)C1=CCCC1. The molecule has 0 saturated heterocycles. The largest absolute Gasteiger partial charge is 0.315 e. The first kappa shape index (κ1) is 16.9. The van der Waals surface area contributed by atoms with Crippen LogP contribution in [0.15, 0.2) is 16.6 Å². The van der Waals surface area contributed by atoms with Crippen LogP contribution in [0.25, 0.3) is 0 Å². The summed E-state index contributed by atoms with van der Waals surface area (Å²) in [6.45, 7) is 5.95. The monoisotopic (exact) mass is 314 g/mol. The zero-order chi connectivity index (χ0) is 17.0. The lowest BCUT2D eigenvalue weighted by molar-refractivity contribution is -0.130. The molecule has 1 aromatic heterocycles. The average molecular weight is 314 g/mol. The minimum absolute atomic E-state index is 0.0624. The Morgan fingerprint density at radius 2 is 2.22 bits per heavy atom. The Morgan fingerprint density at radius 1 is 1.48 bits per heavy atom. The molecule has 0 fully saturated rings. The third-order valence-electron chi connectivity index (χ3n) is 4.15. The van der Waals surface area contributed by atoms with Gasteiger partial charge in [-0.3, -0.25) is 9.59 Å². The maximum Gasteiger partial charge on any atom is 0.285 e. The molecular formula is C17H22N4O2. The second-order valence-electron chi connectivity index (χ2n) is 5.79. The maximum absolute atomic E-state index is 12.6. The van der Waals surface area contributed by atoms with Gasteiger partial charge in [-0.05, 0) is 45.1 Å². The molecule has 0 bridgehead atoms. The van der Waals surface area contributed by atoms with E-state index in [0.29, 0.717) is 17.8 Å². The molecule has 6 heteroatoms. The van der Waals surface area contributed by atoms with E-state index in [1.807, 2.05) is 13.0 Å². The number of hydrogen-bond acceptors (Lipinski definition) is 4. The number of aromatic nitrogens is 2. The zero-order valence-electron chi connectivity index (χ0n) is 13.9. The molecule has 2 rings (SSSR count). The molecule has 0 saturated carbocycles. The Balaban J connectivity index is 2.30. The lowest BCUT2D eigenvalue weighted by Crippen LogP contribution is -2.38. The van der Waals surface area contributed by atoms with Crippen LogP contribution in [0.3, 0.4) is 0 Å². The Labute approximate surface area is 136 Å². The summed E-state index contributed by atoms with van der Waals surface area (Å²) in [6.07, 6.45) is 5.88. The number of aryl methyl sites for hydroxylation is 1. The van der Waals surface area contributed by atoms with Gasteiger partial charge in [0, 0.05) is 12.2 Å². The fraction of sp³-hybridized carbons (Fsp3) is 0.529. The Bertz CT molecular complexity index is 740. The normalized spacial score (nSPS) is 13.6. The molecule has 0 aromatic carbocycles. The van der Waals surface area contributed by atoms with Gasteiger partial charge >= 0.3 is 0 Å². The van der Waals surface area contributed by atoms with Gasteiger partial charge in [-0.25, -0.2) is 4.68 Å². The molecule has 23 heavy (non-hydrogen) atoms. The molecule has 1 amide bonds. The summed E-state index contributed by atoms with van der Waals surface area (Å²) in [7, 11) is 0. The fourth-order valence-corrected chi connectivity index (χ4v) is 2.78. The van der Waals surface area contributed by atoms with Crippen LogP contribution in [0.4, 0.5) is 0 Å². The van der Waals surface area contributed by atoms with Gasteiger partial charge in [-0.15, -0.1) is 0 Å². The minimum atomic E-state index is -0.499. The van der Waals surface area contributed by atoms with Crippen molar-refractivity contribution >= 4 is 5.91 Å². The van der Waals surface area contributed by atoms with Crippen molar-refractivity contribution in [2.24, 2.45) is 0 Å². The van der Waals surface area contributed by atoms with E-state index < -0.39 is 5.56 Å². The summed E-state index contributed by atoms with van der Waals surface area (Å²) in [6, 6.07) is 1.92. The lowest BCUT2D eigenvalue weighted by atomic mass is 10.1.